The van der Waals surface area contributed by atoms with E-state index in [4.69, 9.17) is 25.8 Å². The van der Waals surface area contributed by atoms with E-state index in [9.17, 15) is 14.4 Å². The van der Waals surface area contributed by atoms with Gasteiger partial charge in [-0.1, -0.05) is 72.8 Å². The van der Waals surface area contributed by atoms with Gasteiger partial charge in [0.15, 0.2) is 0 Å². The maximum absolute atomic E-state index is 13.3. The molecule has 0 aliphatic carbocycles. The number of carbonyl (C=O) groups is 3. The van der Waals surface area contributed by atoms with Gasteiger partial charge in [0.1, 0.15) is 25.4 Å². The summed E-state index contributed by atoms with van der Waals surface area (Å²) in [5.74, 6) is -0.487. The molecule has 1 unspecified atom stereocenters. The number of benzene rings is 3. The topological polar surface area (TPSA) is 88.6 Å². The molecule has 2 aliphatic rings. The lowest BCUT2D eigenvalue weighted by atomic mass is 10.1. The lowest BCUT2D eigenvalue weighted by Gasteiger charge is -2.38. The molecule has 5 rings (SSSR count). The van der Waals surface area contributed by atoms with E-state index in [0.29, 0.717) is 45.1 Å². The van der Waals surface area contributed by atoms with E-state index in [1.807, 2.05) is 89.8 Å². The van der Waals surface area contributed by atoms with Crippen LogP contribution in [-0.2, 0) is 42.9 Å². The zero-order valence-electron chi connectivity index (χ0n) is 24.0. The number of amides is 1. The molecule has 3 aromatic carbocycles. The Balaban J connectivity index is 1.15. The molecule has 0 spiro atoms. The zero-order chi connectivity index (χ0) is 30.0. The SMILES string of the molecule is O=C(CC(C(=O)OCc1ccccc1)N1CCN(C[C@@H]2CN(c3ccc(CCl)cc3)C(=O)O2)CC1)OCc1ccccc1. The van der Waals surface area contributed by atoms with Gasteiger partial charge in [-0.05, 0) is 28.8 Å². The maximum Gasteiger partial charge on any atom is 0.414 e. The van der Waals surface area contributed by atoms with Crippen LogP contribution in [0.4, 0.5) is 10.5 Å². The predicted molar refractivity (Wildman–Crippen MR) is 163 cm³/mol. The highest BCUT2D eigenvalue weighted by molar-refractivity contribution is 6.17. The lowest BCUT2D eigenvalue weighted by molar-refractivity contribution is -0.159. The standard InChI is InChI=1S/C33H36ClN3O6/c34-20-25-11-13-28(14-12-25)37-22-29(43-33(37)40)21-35-15-17-36(18-16-35)30(32(39)42-24-27-9-5-2-6-10-27)19-31(38)41-23-26-7-3-1-4-8-26/h1-14,29-30H,15-24H2/t29-,30?/m1/s1. The second kappa shape index (κ2) is 15.0. The summed E-state index contributed by atoms with van der Waals surface area (Å²) >= 11 is 5.89. The van der Waals surface area contributed by atoms with Crippen molar-refractivity contribution in [2.75, 3.05) is 44.2 Å². The fraction of sp³-hybridized carbons (Fsp3) is 0.364. The molecule has 43 heavy (non-hydrogen) atoms. The smallest absolute Gasteiger partial charge is 0.414 e. The van der Waals surface area contributed by atoms with Crippen molar-refractivity contribution in [1.82, 2.24) is 9.80 Å². The third kappa shape index (κ3) is 8.56. The van der Waals surface area contributed by atoms with Crippen LogP contribution in [0, 0.1) is 0 Å². The van der Waals surface area contributed by atoms with Gasteiger partial charge >= 0.3 is 18.0 Å². The molecule has 9 nitrogen and oxygen atoms in total. The molecule has 0 radical (unpaired) electrons. The molecule has 0 aromatic heterocycles. The molecular formula is C33H36ClN3O6. The van der Waals surface area contributed by atoms with Crippen LogP contribution in [0.3, 0.4) is 0 Å². The summed E-state index contributed by atoms with van der Waals surface area (Å²) in [5, 5.41) is 0. The van der Waals surface area contributed by atoms with Crippen molar-refractivity contribution in [3.63, 3.8) is 0 Å². The van der Waals surface area contributed by atoms with E-state index in [2.05, 4.69) is 4.90 Å². The number of alkyl halides is 1. The van der Waals surface area contributed by atoms with Gasteiger partial charge in [-0.25, -0.2) is 4.79 Å². The fourth-order valence-electron chi connectivity index (χ4n) is 5.28. The number of nitrogens with zero attached hydrogens (tertiary/aromatic N) is 3. The number of esters is 2. The maximum atomic E-state index is 13.3. The number of rotatable bonds is 12. The number of cyclic esters (lactones) is 1. The Morgan fingerprint density at radius 1 is 0.814 bits per heavy atom. The molecule has 226 valence electrons. The van der Waals surface area contributed by atoms with E-state index in [0.717, 1.165) is 22.4 Å². The van der Waals surface area contributed by atoms with Gasteiger partial charge in [-0.2, -0.15) is 0 Å². The molecule has 2 fully saturated rings. The van der Waals surface area contributed by atoms with Crippen LogP contribution >= 0.6 is 11.6 Å². The highest BCUT2D eigenvalue weighted by Crippen LogP contribution is 2.24. The first kappa shape index (κ1) is 30.5. The van der Waals surface area contributed by atoms with Crippen LogP contribution in [0.25, 0.3) is 0 Å². The fourth-order valence-corrected chi connectivity index (χ4v) is 5.46. The molecule has 1 amide bonds. The quantitative estimate of drug-likeness (QED) is 0.168. The summed E-state index contributed by atoms with van der Waals surface area (Å²) in [7, 11) is 0. The first-order valence-electron chi connectivity index (χ1n) is 14.5. The third-order valence-electron chi connectivity index (χ3n) is 7.68. The average Bonchev–Trinajstić information content (AvgIpc) is 3.42. The van der Waals surface area contributed by atoms with Gasteiger partial charge < -0.3 is 14.2 Å². The van der Waals surface area contributed by atoms with Gasteiger partial charge in [0.2, 0.25) is 0 Å². The number of ether oxygens (including phenoxy) is 3. The van der Waals surface area contributed by atoms with Crippen molar-refractivity contribution >= 4 is 35.3 Å². The molecule has 2 aliphatic heterocycles. The molecule has 2 heterocycles. The van der Waals surface area contributed by atoms with Crippen molar-refractivity contribution in [2.45, 2.75) is 37.7 Å². The largest absolute Gasteiger partial charge is 0.461 e. The van der Waals surface area contributed by atoms with E-state index < -0.39 is 18.0 Å². The van der Waals surface area contributed by atoms with Gasteiger partial charge in [0.05, 0.1) is 13.0 Å². The first-order valence-corrected chi connectivity index (χ1v) is 15.0. The van der Waals surface area contributed by atoms with E-state index >= 15 is 0 Å². The highest BCUT2D eigenvalue weighted by Gasteiger charge is 2.36. The molecule has 0 saturated carbocycles. The van der Waals surface area contributed by atoms with Crippen molar-refractivity contribution < 1.29 is 28.6 Å². The minimum Gasteiger partial charge on any atom is -0.461 e. The minimum absolute atomic E-state index is 0.0990. The van der Waals surface area contributed by atoms with Gasteiger partial charge in [-0.3, -0.25) is 24.3 Å². The van der Waals surface area contributed by atoms with E-state index in [1.54, 1.807) is 4.90 Å². The van der Waals surface area contributed by atoms with Crippen molar-refractivity contribution in [2.24, 2.45) is 0 Å². The van der Waals surface area contributed by atoms with Crippen LogP contribution in [0.5, 0.6) is 0 Å². The molecule has 0 bridgehead atoms. The van der Waals surface area contributed by atoms with Crippen LogP contribution in [0.15, 0.2) is 84.9 Å². The van der Waals surface area contributed by atoms with Gasteiger partial charge in [-0.15, -0.1) is 11.6 Å². The summed E-state index contributed by atoms with van der Waals surface area (Å²) in [6, 6.07) is 25.7. The lowest BCUT2D eigenvalue weighted by Crippen LogP contribution is -2.54. The van der Waals surface area contributed by atoms with Crippen molar-refractivity contribution in [3.05, 3.63) is 102 Å². The average molecular weight is 606 g/mol. The molecular weight excluding hydrogens is 570 g/mol. The number of carbonyl (C=O) groups excluding carboxylic acids is 3. The summed E-state index contributed by atoms with van der Waals surface area (Å²) < 4.78 is 16.8. The molecule has 2 saturated heterocycles. The number of halogens is 1. The Hall–Kier alpha value is -3.92. The number of hydrogen-bond acceptors (Lipinski definition) is 8. The summed E-state index contributed by atoms with van der Waals surface area (Å²) in [4.78, 5) is 44.5. The van der Waals surface area contributed by atoms with Crippen molar-refractivity contribution in [1.29, 1.82) is 0 Å². The molecule has 2 atom stereocenters. The van der Waals surface area contributed by atoms with Crippen LogP contribution in [-0.4, -0.2) is 79.2 Å². The second-order valence-electron chi connectivity index (χ2n) is 10.7. The third-order valence-corrected chi connectivity index (χ3v) is 7.99. The number of piperazine rings is 1. The normalized spacial score (nSPS) is 18.2. The van der Waals surface area contributed by atoms with Crippen LogP contribution < -0.4 is 4.90 Å². The number of anilines is 1. The summed E-state index contributed by atoms with van der Waals surface area (Å²) in [5.41, 5.74) is 3.52. The molecule has 10 heteroatoms. The Morgan fingerprint density at radius 3 is 2.02 bits per heavy atom. The highest BCUT2D eigenvalue weighted by atomic mass is 35.5. The minimum atomic E-state index is -0.759. The monoisotopic (exact) mass is 605 g/mol. The Morgan fingerprint density at radius 2 is 1.42 bits per heavy atom. The van der Waals surface area contributed by atoms with E-state index in [1.165, 1.54) is 0 Å². The Kier molecular flexibility index (Phi) is 10.7. The van der Waals surface area contributed by atoms with Crippen LogP contribution in [0.1, 0.15) is 23.1 Å². The Labute approximate surface area is 256 Å². The van der Waals surface area contributed by atoms with Gasteiger partial charge in [0, 0.05) is 44.3 Å². The molecule has 3 aromatic rings. The summed E-state index contributed by atoms with van der Waals surface area (Å²) in [6.07, 6.45) is -0.734. The second-order valence-corrected chi connectivity index (χ2v) is 11.0. The van der Waals surface area contributed by atoms with Crippen molar-refractivity contribution in [3.8, 4) is 0 Å². The first-order chi connectivity index (χ1) is 21.0. The van der Waals surface area contributed by atoms with Gasteiger partial charge in [0.25, 0.3) is 0 Å². The number of hydrogen-bond donors (Lipinski definition) is 0. The predicted octanol–water partition coefficient (Wildman–Crippen LogP) is 4.61. The Bertz CT molecular complexity index is 1350. The van der Waals surface area contributed by atoms with E-state index in [-0.39, 0.29) is 31.8 Å². The molecule has 0 N–H and O–H groups in total. The van der Waals surface area contributed by atoms with Crippen LogP contribution in [0.2, 0.25) is 0 Å². The zero-order valence-corrected chi connectivity index (χ0v) is 24.7. The summed E-state index contributed by atoms with van der Waals surface area (Å²) in [6.45, 7) is 3.74.